The van der Waals surface area contributed by atoms with Crippen LogP contribution in [0.3, 0.4) is 0 Å². The van der Waals surface area contributed by atoms with Gasteiger partial charge < -0.3 is 61.5 Å². The highest BCUT2D eigenvalue weighted by molar-refractivity contribution is 6.07. The SMILES string of the molecule is CCOc1ccc([C@H]2c3c(C)nn(C)c3NC(=O)[C@H]2NC(=O)c2ccc(C)cc2)cc1OC.CCc1ccc([C@H]2c3c(C)nn(C)c3NC(=O)[C@H]2NC(=O)c2ccc(OC)c(CC)c2)cc1.COc1cccc([C@H]2c3c(C)nn(C)c3NC(=O)[C@H]2NC(=O)c2cccc(C)c2)c1.Cc1ccc(C(=O)N[C@@H]2C(=O)Nc3c(c(C)nn3C)[C@@H]2c2ccc(F)c(F)c2)cc1. The van der Waals surface area contributed by atoms with Crippen molar-refractivity contribution in [1.82, 2.24) is 60.4 Å². The molecule has 4 aliphatic heterocycles. The van der Waals surface area contributed by atoms with E-state index in [1.165, 1.54) is 16.3 Å². The third-order valence-electron chi connectivity index (χ3n) is 23.1. The molecule has 28 nitrogen and oxygen atoms in total. The average molecular weight is 1710 g/mol. The molecular weight excluding hydrogens is 1610 g/mol. The van der Waals surface area contributed by atoms with Gasteiger partial charge in [0.25, 0.3) is 23.6 Å². The smallest absolute Gasteiger partial charge is 0.251 e. The molecular formula is C96H102F2N16O12. The second-order valence-corrected chi connectivity index (χ2v) is 31.4. The van der Waals surface area contributed by atoms with E-state index in [1.807, 2.05) is 147 Å². The first-order valence-electron chi connectivity index (χ1n) is 41.3. The highest BCUT2D eigenvalue weighted by atomic mass is 19.2. The van der Waals surface area contributed by atoms with Gasteiger partial charge in [-0.2, -0.15) is 20.4 Å². The first kappa shape index (κ1) is 89.2. The van der Waals surface area contributed by atoms with Crippen molar-refractivity contribution >= 4 is 70.5 Å². The minimum absolute atomic E-state index is 0.257. The zero-order valence-corrected chi connectivity index (χ0v) is 73.2. The van der Waals surface area contributed by atoms with Crippen LogP contribution in [0.4, 0.5) is 32.1 Å². The van der Waals surface area contributed by atoms with Gasteiger partial charge in [-0.3, -0.25) is 57.1 Å². The van der Waals surface area contributed by atoms with Gasteiger partial charge in [0, 0.05) is 96.4 Å². The van der Waals surface area contributed by atoms with Gasteiger partial charge in [-0.15, -0.1) is 0 Å². The lowest BCUT2D eigenvalue weighted by molar-refractivity contribution is -0.119. The van der Waals surface area contributed by atoms with Crippen molar-refractivity contribution in [3.8, 4) is 23.0 Å². The highest BCUT2D eigenvalue weighted by Crippen LogP contribution is 2.46. The van der Waals surface area contributed by atoms with E-state index in [0.29, 0.717) is 86.2 Å². The molecule has 0 unspecified atom stereocenters. The Kier molecular flexibility index (Phi) is 26.9. The lowest BCUT2D eigenvalue weighted by Crippen LogP contribution is -2.50. The van der Waals surface area contributed by atoms with Crippen molar-refractivity contribution < 1.29 is 66.1 Å². The number of hydrogen-bond donors (Lipinski definition) is 8. The number of benzene rings is 8. The number of fused-ring (bicyclic) bond motifs is 4. The van der Waals surface area contributed by atoms with Gasteiger partial charge in [0.2, 0.25) is 23.6 Å². The minimum atomic E-state index is -1.03. The summed E-state index contributed by atoms with van der Waals surface area (Å²) in [5, 5.41) is 41.1. The number of nitrogens with one attached hydrogen (secondary N) is 8. The van der Waals surface area contributed by atoms with Crippen LogP contribution in [0.25, 0.3) is 0 Å². The minimum Gasteiger partial charge on any atom is -0.497 e. The Hall–Kier alpha value is -14.6. The largest absolute Gasteiger partial charge is 0.497 e. The molecule has 0 saturated heterocycles. The summed E-state index contributed by atoms with van der Waals surface area (Å²) in [6.07, 6.45) is 1.67. The Bertz CT molecular complexity index is 6170. The second-order valence-electron chi connectivity index (χ2n) is 31.4. The van der Waals surface area contributed by atoms with Crippen LogP contribution in [0.2, 0.25) is 0 Å². The molecule has 30 heteroatoms. The van der Waals surface area contributed by atoms with Crippen molar-refractivity contribution in [2.24, 2.45) is 28.2 Å². The van der Waals surface area contributed by atoms with Crippen molar-refractivity contribution in [1.29, 1.82) is 0 Å². The first-order valence-corrected chi connectivity index (χ1v) is 41.3. The summed E-state index contributed by atoms with van der Waals surface area (Å²) >= 11 is 0. The van der Waals surface area contributed by atoms with Crippen LogP contribution >= 0.6 is 0 Å². The normalized spacial score (nSPS) is 17.5. The third kappa shape index (κ3) is 18.5. The van der Waals surface area contributed by atoms with Crippen LogP contribution in [-0.4, -0.2) is 138 Å². The number of ether oxygens (including phenoxy) is 4. The standard InChI is InChI=1S/C26H30N4O3.C25H28N4O4.C23H24N4O3.C22H20F2N4O2/c1-6-16-8-10-18(11-9-16)22-21-15(3)29-30(4)24(21)28-26(32)23(22)27-25(31)19-12-13-20(33-5)17(7-2)14-19;1-6-33-18-12-11-17(13-19(18)32-5)21-20-15(3)28-29(4)23(20)27-25(31)22(21)26-24(30)16-9-7-14(2)8-10-16;1-13-7-5-9-16(11-13)22(28)24-20-19(15-8-6-10-17(12-15)30-4)18-14(2)26-27(3)21(18)25-23(20)29;1-11-4-6-13(7-5-11)21(29)25-19-18(14-8-9-15(23)16(24)10-14)17-12(2)27-28(3)20(17)26-22(19)30/h8-14,22-23H,6-7H2,1-5H3,(H,27,31)(H,28,32);7-13,21-22H,6H2,1-5H3,(H,26,30)(H,27,31);5-12,19-20H,1-4H3,(H,24,28)(H,25,29);4-10,18-19H,1-3H3,(H,25,29)(H,26,30)/t22-,23-;21-,22-;19-,20-;18-,19-/m0000/s1. The molecule has 8 heterocycles. The fourth-order valence-electron chi connectivity index (χ4n) is 16.8. The summed E-state index contributed by atoms with van der Waals surface area (Å²) in [4.78, 5) is 105. The molecule has 0 radical (unpaired) electrons. The Morgan fingerprint density at radius 2 is 0.738 bits per heavy atom. The molecule has 0 aliphatic carbocycles. The second kappa shape index (κ2) is 38.0. The lowest BCUT2D eigenvalue weighted by Gasteiger charge is -2.33. The van der Waals surface area contributed by atoms with Gasteiger partial charge in [0.1, 0.15) is 58.9 Å². The van der Waals surface area contributed by atoms with E-state index in [9.17, 15) is 47.1 Å². The quantitative estimate of drug-likeness (QED) is 0.0373. The Balaban J connectivity index is 0.000000144. The number of methoxy groups -OCH3 is 3. The number of carbonyl (C=O) groups is 8. The predicted octanol–water partition coefficient (Wildman–Crippen LogP) is 13.2. The van der Waals surface area contributed by atoms with Crippen LogP contribution in [0.1, 0.15) is 181 Å². The number of carbonyl (C=O) groups excluding carboxylic acids is 8. The van der Waals surface area contributed by atoms with Crippen molar-refractivity contribution in [3.63, 3.8) is 0 Å². The maximum Gasteiger partial charge on any atom is 0.251 e. The van der Waals surface area contributed by atoms with Gasteiger partial charge >= 0.3 is 0 Å². The molecule has 8 atom stereocenters. The number of anilines is 4. The molecule has 8 N–H and O–H groups in total. The summed E-state index contributed by atoms with van der Waals surface area (Å²) in [6, 6.07) is 48.2. The van der Waals surface area contributed by atoms with E-state index < -0.39 is 65.4 Å². The summed E-state index contributed by atoms with van der Waals surface area (Å²) in [6.45, 7) is 19.8. The van der Waals surface area contributed by atoms with Crippen molar-refractivity contribution in [2.75, 3.05) is 49.2 Å². The molecule has 12 aromatic rings. The molecule has 4 aliphatic rings. The maximum absolute atomic E-state index is 14.0. The van der Waals surface area contributed by atoms with E-state index in [-0.39, 0.29) is 41.4 Å². The molecule has 652 valence electrons. The molecule has 0 fully saturated rings. The van der Waals surface area contributed by atoms with Crippen LogP contribution in [0.5, 0.6) is 23.0 Å². The van der Waals surface area contributed by atoms with E-state index in [0.717, 1.165) is 103 Å². The molecule has 0 bridgehead atoms. The lowest BCUT2D eigenvalue weighted by atomic mass is 9.81. The number of nitrogens with zero attached hydrogens (tertiary/aromatic N) is 8. The summed E-state index contributed by atoms with van der Waals surface area (Å²) in [5.41, 5.74) is 16.5. The fraction of sp³-hybridized carbons (Fsp3) is 0.292. The molecule has 8 aromatic carbocycles. The monoisotopic (exact) mass is 1710 g/mol. The number of amides is 8. The van der Waals surface area contributed by atoms with Crippen molar-refractivity contribution in [2.45, 2.75) is 130 Å². The maximum atomic E-state index is 14.0. The zero-order valence-electron chi connectivity index (χ0n) is 73.2. The first-order chi connectivity index (χ1) is 60.3. The van der Waals surface area contributed by atoms with Crippen LogP contribution < -0.4 is 61.5 Å². The predicted molar refractivity (Wildman–Crippen MR) is 474 cm³/mol. The molecule has 126 heavy (non-hydrogen) atoms. The van der Waals surface area contributed by atoms with Crippen molar-refractivity contribution in [3.05, 3.63) is 305 Å². The fourth-order valence-corrected chi connectivity index (χ4v) is 16.8. The summed E-state index contributed by atoms with van der Waals surface area (Å²) < 4.78 is 56.1. The van der Waals surface area contributed by atoms with Gasteiger partial charge in [-0.1, -0.05) is 115 Å². The summed E-state index contributed by atoms with van der Waals surface area (Å²) in [7, 11) is 11.9. The van der Waals surface area contributed by atoms with Crippen LogP contribution in [-0.2, 0) is 60.2 Å². The Morgan fingerprint density at radius 1 is 0.365 bits per heavy atom. The summed E-state index contributed by atoms with van der Waals surface area (Å²) in [5.74, 6) is -1.57. The number of aryl methyl sites for hydroxylation is 13. The number of aromatic nitrogens is 8. The molecule has 16 rings (SSSR count). The number of hydrogen-bond acceptors (Lipinski definition) is 16. The number of halogens is 2. The van der Waals surface area contributed by atoms with E-state index in [1.54, 1.807) is 124 Å². The third-order valence-corrected chi connectivity index (χ3v) is 23.1. The van der Waals surface area contributed by atoms with Gasteiger partial charge in [0.05, 0.1) is 50.7 Å². The zero-order chi connectivity index (χ0) is 90.4. The van der Waals surface area contributed by atoms with Gasteiger partial charge in [-0.25, -0.2) is 8.78 Å². The highest BCUT2D eigenvalue weighted by Gasteiger charge is 2.46. The van der Waals surface area contributed by atoms with Crippen LogP contribution in [0.15, 0.2) is 176 Å². The topological polar surface area (TPSA) is 341 Å². The van der Waals surface area contributed by atoms with E-state index in [4.69, 9.17) is 18.9 Å². The molecule has 8 amide bonds. The van der Waals surface area contributed by atoms with Crippen LogP contribution in [0, 0.1) is 60.1 Å². The van der Waals surface area contributed by atoms with E-state index in [2.05, 4.69) is 82.0 Å². The Labute approximate surface area is 728 Å². The van der Waals surface area contributed by atoms with Gasteiger partial charge in [0.15, 0.2) is 23.1 Å². The number of rotatable bonds is 19. The molecule has 4 aromatic heterocycles. The molecule has 0 spiro atoms. The Morgan fingerprint density at radius 3 is 1.13 bits per heavy atom. The molecule has 0 saturated carbocycles. The average Bonchev–Trinajstić information content (AvgIpc) is 1.59. The van der Waals surface area contributed by atoms with E-state index >= 15 is 0 Å². The van der Waals surface area contributed by atoms with Gasteiger partial charge in [-0.05, 0) is 193 Å².